The molecule has 2 aromatic carbocycles. The van der Waals surface area contributed by atoms with Crippen LogP contribution in [0.25, 0.3) is 6.08 Å². The third-order valence-electron chi connectivity index (χ3n) is 4.65. The largest absolute Gasteiger partial charge is 0.496 e. The van der Waals surface area contributed by atoms with Gasteiger partial charge in [0.05, 0.1) is 7.11 Å². The molecule has 3 heteroatoms. The Morgan fingerprint density at radius 2 is 1.72 bits per heavy atom. The van der Waals surface area contributed by atoms with Crippen LogP contribution in [-0.4, -0.2) is 37.8 Å². The van der Waals surface area contributed by atoms with Crippen LogP contribution in [0.4, 0.5) is 0 Å². The zero-order valence-corrected chi connectivity index (χ0v) is 15.9. The van der Waals surface area contributed by atoms with E-state index in [4.69, 9.17) is 4.74 Å². The van der Waals surface area contributed by atoms with Gasteiger partial charge in [0.2, 0.25) is 0 Å². The first-order chi connectivity index (χ1) is 11.9. The number of methoxy groups -OCH3 is 1. The van der Waals surface area contributed by atoms with Crippen LogP contribution in [0.3, 0.4) is 0 Å². The third-order valence-corrected chi connectivity index (χ3v) is 4.65. The molecule has 0 aliphatic carbocycles. The van der Waals surface area contributed by atoms with Gasteiger partial charge in [-0.2, -0.15) is 0 Å². The zero-order valence-electron chi connectivity index (χ0n) is 15.9. The number of hydrogen-bond donors (Lipinski definition) is 1. The number of para-hydroxylation sites is 1. The lowest BCUT2D eigenvalue weighted by molar-refractivity contribution is 0.00856. The summed E-state index contributed by atoms with van der Waals surface area (Å²) in [7, 11) is 5.69. The van der Waals surface area contributed by atoms with E-state index in [1.54, 1.807) is 7.11 Å². The van der Waals surface area contributed by atoms with Crippen LogP contribution in [0.2, 0.25) is 0 Å². The zero-order chi connectivity index (χ0) is 18.4. The molecule has 0 fully saturated rings. The van der Waals surface area contributed by atoms with E-state index < -0.39 is 5.60 Å². The van der Waals surface area contributed by atoms with E-state index in [9.17, 15) is 5.11 Å². The second-order valence-electron chi connectivity index (χ2n) is 6.87. The summed E-state index contributed by atoms with van der Waals surface area (Å²) < 4.78 is 5.55. The SMILES string of the molecule is COc1ccccc1C(O)(/C(C)=C\c1ccccc1)C(C)CN(C)C. The maximum Gasteiger partial charge on any atom is 0.125 e. The summed E-state index contributed by atoms with van der Waals surface area (Å²) in [5, 5.41) is 11.9. The molecule has 2 atom stereocenters. The van der Waals surface area contributed by atoms with Crippen molar-refractivity contribution in [3.8, 4) is 5.75 Å². The van der Waals surface area contributed by atoms with Crippen molar-refractivity contribution in [3.63, 3.8) is 0 Å². The topological polar surface area (TPSA) is 32.7 Å². The third kappa shape index (κ3) is 4.30. The number of nitrogens with zero attached hydrogens (tertiary/aromatic N) is 1. The quantitative estimate of drug-likeness (QED) is 0.821. The fourth-order valence-electron chi connectivity index (χ4n) is 3.42. The van der Waals surface area contributed by atoms with E-state index in [0.717, 1.165) is 23.2 Å². The fraction of sp³-hybridized carbons (Fsp3) is 0.364. The molecule has 0 aliphatic heterocycles. The van der Waals surface area contributed by atoms with Crippen molar-refractivity contribution in [2.45, 2.75) is 19.4 Å². The normalized spacial score (nSPS) is 15.7. The van der Waals surface area contributed by atoms with Gasteiger partial charge in [-0.05, 0) is 38.2 Å². The number of rotatable bonds is 7. The Morgan fingerprint density at radius 1 is 1.12 bits per heavy atom. The number of hydrogen-bond acceptors (Lipinski definition) is 3. The molecule has 3 nitrogen and oxygen atoms in total. The Balaban J connectivity index is 2.58. The molecule has 0 radical (unpaired) electrons. The minimum atomic E-state index is -1.12. The first-order valence-corrected chi connectivity index (χ1v) is 8.64. The lowest BCUT2D eigenvalue weighted by Gasteiger charge is -2.38. The van der Waals surface area contributed by atoms with Gasteiger partial charge in [0.15, 0.2) is 0 Å². The van der Waals surface area contributed by atoms with Crippen molar-refractivity contribution in [2.75, 3.05) is 27.7 Å². The van der Waals surface area contributed by atoms with Crippen molar-refractivity contribution in [3.05, 3.63) is 71.3 Å². The molecule has 134 valence electrons. The lowest BCUT2D eigenvalue weighted by Crippen LogP contribution is -2.40. The highest BCUT2D eigenvalue weighted by Gasteiger charge is 2.39. The molecule has 2 rings (SSSR count). The van der Waals surface area contributed by atoms with Crippen LogP contribution in [0, 0.1) is 5.92 Å². The first kappa shape index (κ1) is 19.2. The average Bonchev–Trinajstić information content (AvgIpc) is 2.61. The average molecular weight is 339 g/mol. The molecule has 0 bridgehead atoms. The van der Waals surface area contributed by atoms with Gasteiger partial charge in [0, 0.05) is 18.0 Å². The number of ether oxygens (including phenoxy) is 1. The summed E-state index contributed by atoms with van der Waals surface area (Å²) in [6.45, 7) is 4.83. The van der Waals surface area contributed by atoms with Gasteiger partial charge in [-0.15, -0.1) is 0 Å². The van der Waals surface area contributed by atoms with Crippen molar-refractivity contribution < 1.29 is 9.84 Å². The molecule has 0 heterocycles. The summed E-state index contributed by atoms with van der Waals surface area (Å²) in [5.74, 6) is 0.690. The highest BCUT2D eigenvalue weighted by atomic mass is 16.5. The summed E-state index contributed by atoms with van der Waals surface area (Å²) in [6, 6.07) is 17.8. The van der Waals surface area contributed by atoms with Gasteiger partial charge in [-0.3, -0.25) is 0 Å². The highest BCUT2D eigenvalue weighted by Crippen LogP contribution is 2.42. The van der Waals surface area contributed by atoms with E-state index in [2.05, 4.69) is 17.9 Å². The van der Waals surface area contributed by atoms with Crippen LogP contribution >= 0.6 is 0 Å². The maximum absolute atomic E-state index is 11.9. The molecule has 0 aliphatic rings. The summed E-state index contributed by atoms with van der Waals surface area (Å²) >= 11 is 0. The highest BCUT2D eigenvalue weighted by molar-refractivity contribution is 5.57. The predicted octanol–water partition coefficient (Wildman–Crippen LogP) is 4.18. The monoisotopic (exact) mass is 339 g/mol. The minimum Gasteiger partial charge on any atom is -0.496 e. The van der Waals surface area contributed by atoms with E-state index in [1.165, 1.54) is 0 Å². The van der Waals surface area contributed by atoms with Crippen molar-refractivity contribution in [2.24, 2.45) is 5.92 Å². The van der Waals surface area contributed by atoms with E-state index in [0.29, 0.717) is 5.75 Å². The molecule has 0 saturated carbocycles. The van der Waals surface area contributed by atoms with E-state index >= 15 is 0 Å². The Hall–Kier alpha value is -2.10. The van der Waals surface area contributed by atoms with Gasteiger partial charge >= 0.3 is 0 Å². The van der Waals surface area contributed by atoms with Gasteiger partial charge in [-0.25, -0.2) is 0 Å². The number of aliphatic hydroxyl groups is 1. The van der Waals surface area contributed by atoms with E-state index in [1.807, 2.05) is 75.6 Å². The van der Waals surface area contributed by atoms with Gasteiger partial charge < -0.3 is 14.7 Å². The summed E-state index contributed by atoms with van der Waals surface area (Å²) in [6.07, 6.45) is 2.05. The van der Waals surface area contributed by atoms with Gasteiger partial charge in [-0.1, -0.05) is 61.5 Å². The molecule has 0 spiro atoms. The maximum atomic E-state index is 11.9. The van der Waals surface area contributed by atoms with Crippen molar-refractivity contribution in [1.29, 1.82) is 0 Å². The Kier molecular flexibility index (Phi) is 6.40. The molecule has 25 heavy (non-hydrogen) atoms. The summed E-state index contributed by atoms with van der Waals surface area (Å²) in [5.41, 5.74) is 1.66. The van der Waals surface area contributed by atoms with Crippen LogP contribution in [0.5, 0.6) is 5.75 Å². The van der Waals surface area contributed by atoms with E-state index in [-0.39, 0.29) is 5.92 Å². The Labute approximate surface area is 151 Å². The van der Waals surface area contributed by atoms with Crippen LogP contribution in [-0.2, 0) is 5.60 Å². The molecule has 0 saturated heterocycles. The molecule has 2 unspecified atom stereocenters. The first-order valence-electron chi connectivity index (χ1n) is 8.64. The minimum absolute atomic E-state index is 0.0150. The Bertz CT molecular complexity index is 709. The van der Waals surface area contributed by atoms with Gasteiger partial charge in [0.1, 0.15) is 11.4 Å². The van der Waals surface area contributed by atoms with Crippen LogP contribution in [0.15, 0.2) is 60.2 Å². The van der Waals surface area contributed by atoms with Crippen molar-refractivity contribution in [1.82, 2.24) is 4.90 Å². The fourth-order valence-corrected chi connectivity index (χ4v) is 3.42. The van der Waals surface area contributed by atoms with Crippen LogP contribution < -0.4 is 4.74 Å². The summed E-state index contributed by atoms with van der Waals surface area (Å²) in [4.78, 5) is 2.10. The predicted molar refractivity (Wildman–Crippen MR) is 105 cm³/mol. The Morgan fingerprint density at radius 3 is 2.32 bits per heavy atom. The molecular weight excluding hydrogens is 310 g/mol. The molecule has 0 aromatic heterocycles. The molecule has 1 N–H and O–H groups in total. The van der Waals surface area contributed by atoms with Crippen LogP contribution in [0.1, 0.15) is 25.0 Å². The van der Waals surface area contributed by atoms with Gasteiger partial charge in [0.25, 0.3) is 0 Å². The second kappa shape index (κ2) is 8.32. The van der Waals surface area contributed by atoms with Crippen molar-refractivity contribution >= 4 is 6.08 Å². The molecular formula is C22H29NO2. The lowest BCUT2D eigenvalue weighted by atomic mass is 9.76. The smallest absolute Gasteiger partial charge is 0.125 e. The second-order valence-corrected chi connectivity index (χ2v) is 6.87. The molecule has 0 amide bonds. The molecule has 2 aromatic rings. The number of benzene rings is 2. The standard InChI is InChI=1S/C22H29NO2/c1-17(15-19-11-7-6-8-12-19)22(24,18(2)16-23(3)4)20-13-9-10-14-21(20)25-5/h6-15,18,24H,16H2,1-5H3/b17-15-.